The summed E-state index contributed by atoms with van der Waals surface area (Å²) >= 11 is 0. The van der Waals surface area contributed by atoms with Crippen LogP contribution in [0.4, 0.5) is 0 Å². The first-order valence-corrected chi connectivity index (χ1v) is 19.2. The number of unbranched alkanes of at least 4 members (excludes halogenated alkanes) is 36. The maximum absolute atomic E-state index is 2.59. The minimum atomic E-state index is 1.37. The standard InChI is InChI=1S/C39H79/c1-3-5-7-9-11-13-15-17-19-21-23-25-27-29-31-33-35-37-39-38-36-34-32-30-28-26-24-22-20-18-16-14-12-10-8-6-4-2/h39H,3-38H2,1-2H3. The molecule has 0 spiro atoms. The van der Waals surface area contributed by atoms with Crippen LogP contribution < -0.4 is 0 Å². The van der Waals surface area contributed by atoms with Gasteiger partial charge in [-0.25, -0.2) is 0 Å². The van der Waals surface area contributed by atoms with Gasteiger partial charge in [0.2, 0.25) is 0 Å². The Labute approximate surface area is 251 Å². The predicted molar refractivity (Wildman–Crippen MR) is 182 cm³/mol. The van der Waals surface area contributed by atoms with Gasteiger partial charge in [-0.3, -0.25) is 0 Å². The van der Waals surface area contributed by atoms with Crippen molar-refractivity contribution >= 4 is 0 Å². The van der Waals surface area contributed by atoms with Crippen LogP contribution in [0.15, 0.2) is 0 Å². The summed E-state index contributed by atoms with van der Waals surface area (Å²) in [4.78, 5) is 0. The van der Waals surface area contributed by atoms with Crippen molar-refractivity contribution in [1.82, 2.24) is 0 Å². The van der Waals surface area contributed by atoms with Crippen molar-refractivity contribution in [2.75, 3.05) is 0 Å². The second kappa shape index (κ2) is 38.0. The number of rotatable bonds is 36. The first-order chi connectivity index (χ1) is 19.4. The third kappa shape index (κ3) is 38.0. The lowest BCUT2D eigenvalue weighted by atomic mass is 10.0. The summed E-state index contributed by atoms with van der Waals surface area (Å²) < 4.78 is 0. The van der Waals surface area contributed by atoms with Crippen molar-refractivity contribution in [3.05, 3.63) is 6.42 Å². The van der Waals surface area contributed by atoms with Crippen LogP contribution in [0.25, 0.3) is 0 Å². The van der Waals surface area contributed by atoms with Gasteiger partial charge >= 0.3 is 0 Å². The van der Waals surface area contributed by atoms with Crippen LogP contribution in [0.5, 0.6) is 0 Å². The van der Waals surface area contributed by atoms with Gasteiger partial charge in [-0.1, -0.05) is 245 Å². The third-order valence-electron chi connectivity index (χ3n) is 9.02. The molecule has 0 unspecified atom stereocenters. The Balaban J connectivity index is 3.01. The second-order valence-corrected chi connectivity index (χ2v) is 13.2. The van der Waals surface area contributed by atoms with Crippen LogP contribution in [0.2, 0.25) is 0 Å². The van der Waals surface area contributed by atoms with Gasteiger partial charge in [0.25, 0.3) is 0 Å². The third-order valence-corrected chi connectivity index (χ3v) is 9.02. The Morgan fingerprint density at radius 2 is 0.359 bits per heavy atom. The molecule has 0 aliphatic carbocycles. The highest BCUT2D eigenvalue weighted by molar-refractivity contribution is 4.65. The molecule has 0 heterocycles. The van der Waals surface area contributed by atoms with E-state index in [0.717, 1.165) is 0 Å². The number of hydrogen-bond acceptors (Lipinski definition) is 0. The molecular weight excluding hydrogens is 468 g/mol. The van der Waals surface area contributed by atoms with Crippen LogP contribution in [0.1, 0.15) is 245 Å². The van der Waals surface area contributed by atoms with Gasteiger partial charge in [-0.2, -0.15) is 0 Å². The van der Waals surface area contributed by atoms with Crippen LogP contribution in [-0.4, -0.2) is 0 Å². The molecule has 0 aromatic rings. The minimum absolute atomic E-state index is 1.37. The highest BCUT2D eigenvalue weighted by Crippen LogP contribution is 2.17. The van der Waals surface area contributed by atoms with E-state index < -0.39 is 0 Å². The van der Waals surface area contributed by atoms with Crippen molar-refractivity contribution in [2.24, 2.45) is 0 Å². The highest BCUT2D eigenvalue weighted by atomic mass is 14.0. The fourth-order valence-electron chi connectivity index (χ4n) is 6.17. The smallest absolute Gasteiger partial charge is 0.0386 e. The molecule has 39 heavy (non-hydrogen) atoms. The average Bonchev–Trinajstić information content (AvgIpc) is 2.95. The van der Waals surface area contributed by atoms with E-state index in [2.05, 4.69) is 20.3 Å². The Morgan fingerprint density at radius 3 is 0.538 bits per heavy atom. The highest BCUT2D eigenvalue weighted by Gasteiger charge is 1.97. The molecule has 0 aromatic carbocycles. The van der Waals surface area contributed by atoms with E-state index in [1.165, 1.54) is 231 Å². The maximum Gasteiger partial charge on any atom is -0.0386 e. The molecule has 0 heteroatoms. The largest absolute Gasteiger partial charge is 0.0654 e. The van der Waals surface area contributed by atoms with Gasteiger partial charge in [0.1, 0.15) is 0 Å². The lowest BCUT2D eigenvalue weighted by Crippen LogP contribution is -1.85. The summed E-state index contributed by atoms with van der Waals surface area (Å²) in [5.41, 5.74) is 0. The van der Waals surface area contributed by atoms with Crippen LogP contribution in [0.3, 0.4) is 0 Å². The van der Waals surface area contributed by atoms with E-state index in [1.54, 1.807) is 0 Å². The summed E-state index contributed by atoms with van der Waals surface area (Å²) in [6, 6.07) is 0. The van der Waals surface area contributed by atoms with E-state index in [-0.39, 0.29) is 0 Å². The monoisotopic (exact) mass is 548 g/mol. The van der Waals surface area contributed by atoms with Crippen molar-refractivity contribution < 1.29 is 0 Å². The molecule has 0 aliphatic heterocycles. The van der Waals surface area contributed by atoms with Crippen molar-refractivity contribution in [3.63, 3.8) is 0 Å². The number of hydrogen-bond donors (Lipinski definition) is 0. The van der Waals surface area contributed by atoms with E-state index in [4.69, 9.17) is 0 Å². The van der Waals surface area contributed by atoms with E-state index in [0.29, 0.717) is 0 Å². The second-order valence-electron chi connectivity index (χ2n) is 13.2. The van der Waals surface area contributed by atoms with Crippen molar-refractivity contribution in [3.8, 4) is 0 Å². The Hall–Kier alpha value is 0. The van der Waals surface area contributed by atoms with Crippen molar-refractivity contribution in [1.29, 1.82) is 0 Å². The van der Waals surface area contributed by atoms with Crippen LogP contribution in [-0.2, 0) is 0 Å². The molecule has 0 saturated heterocycles. The van der Waals surface area contributed by atoms with Gasteiger partial charge in [0.05, 0.1) is 0 Å². The zero-order chi connectivity index (χ0) is 28.2. The van der Waals surface area contributed by atoms with Gasteiger partial charge in [0, 0.05) is 0 Å². The van der Waals surface area contributed by atoms with Crippen LogP contribution >= 0.6 is 0 Å². The predicted octanol–water partition coefficient (Wildman–Crippen LogP) is 15.3. The Kier molecular flexibility index (Phi) is 38.0. The molecule has 0 bridgehead atoms. The average molecular weight is 548 g/mol. The fraction of sp³-hybridized carbons (Fsp3) is 0.974. The van der Waals surface area contributed by atoms with Gasteiger partial charge in [-0.15, -0.1) is 0 Å². The molecule has 0 saturated carbocycles. The summed E-state index contributed by atoms with van der Waals surface area (Å²) in [5, 5.41) is 0. The molecular formula is C39H79. The summed E-state index contributed by atoms with van der Waals surface area (Å²) in [6.07, 6.45) is 55.4. The molecule has 0 atom stereocenters. The van der Waals surface area contributed by atoms with Gasteiger partial charge in [0.15, 0.2) is 0 Å². The van der Waals surface area contributed by atoms with Gasteiger partial charge in [-0.05, 0) is 6.42 Å². The molecule has 0 aromatic heterocycles. The van der Waals surface area contributed by atoms with E-state index in [9.17, 15) is 0 Å². The van der Waals surface area contributed by atoms with Gasteiger partial charge < -0.3 is 0 Å². The molecule has 0 aliphatic rings. The zero-order valence-corrected chi connectivity index (χ0v) is 28.0. The Morgan fingerprint density at radius 1 is 0.205 bits per heavy atom. The summed E-state index contributed by atoms with van der Waals surface area (Å²) in [7, 11) is 0. The lowest BCUT2D eigenvalue weighted by molar-refractivity contribution is 0.523. The zero-order valence-electron chi connectivity index (χ0n) is 28.0. The molecule has 0 rings (SSSR count). The van der Waals surface area contributed by atoms with Crippen LogP contribution in [0, 0.1) is 6.42 Å². The normalized spacial score (nSPS) is 11.5. The first-order valence-electron chi connectivity index (χ1n) is 19.2. The van der Waals surface area contributed by atoms with Crippen molar-refractivity contribution in [2.45, 2.75) is 245 Å². The molecule has 0 nitrogen and oxygen atoms in total. The van der Waals surface area contributed by atoms with E-state index in [1.807, 2.05) is 0 Å². The minimum Gasteiger partial charge on any atom is -0.0654 e. The fourth-order valence-corrected chi connectivity index (χ4v) is 6.17. The lowest BCUT2D eigenvalue weighted by Gasteiger charge is -2.05. The molecule has 235 valence electrons. The topological polar surface area (TPSA) is 0 Å². The first kappa shape index (κ1) is 39.0. The SMILES string of the molecule is CCCCCCCCCCCCCCCCCCC[CH]CCCCCCCCCCCCCCCCCCC. The molecule has 0 amide bonds. The summed E-state index contributed by atoms with van der Waals surface area (Å²) in [6.45, 7) is 4.62. The molecule has 0 fully saturated rings. The quantitative estimate of drug-likeness (QED) is 0.0684. The Bertz CT molecular complexity index is 349. The maximum atomic E-state index is 2.59. The van der Waals surface area contributed by atoms with E-state index >= 15 is 0 Å². The summed E-state index contributed by atoms with van der Waals surface area (Å²) in [5.74, 6) is 0. The molecule has 1 radical (unpaired) electrons. The molecule has 0 N–H and O–H groups in total.